The number of carbonyl (C=O) groups is 2. The number of aromatic hydroxyl groups is 1. The number of phenolic OH excluding ortho intramolecular Hbond substituents is 1. The van der Waals surface area contributed by atoms with Crippen molar-refractivity contribution in [2.75, 3.05) is 20.3 Å². The van der Waals surface area contributed by atoms with Gasteiger partial charge in [0.05, 0.1) is 44.4 Å². The Labute approximate surface area is 228 Å². The number of carbonyl (C=O) groups excluding carboxylic acids is 2. The van der Waals surface area contributed by atoms with Crippen molar-refractivity contribution in [3.63, 3.8) is 0 Å². The van der Waals surface area contributed by atoms with Gasteiger partial charge in [-0.2, -0.15) is 0 Å². The third-order valence-corrected chi connectivity index (χ3v) is 7.33. The molecule has 4 rings (SSSR count). The molecule has 1 saturated heterocycles. The Morgan fingerprint density at radius 1 is 0.950 bits per heavy atom. The smallest absolute Gasteiger partial charge is 0.337 e. The molecule has 0 amide bonds. The maximum Gasteiger partial charge on any atom is 0.337 e. The van der Waals surface area contributed by atoms with Crippen molar-refractivity contribution < 1.29 is 69.0 Å². The number of hydrogen-bond donors (Lipinski definition) is 7. The second kappa shape index (κ2) is 12.6. The minimum absolute atomic E-state index is 0.0543. The first kappa shape index (κ1) is 29.9. The van der Waals surface area contributed by atoms with Crippen molar-refractivity contribution in [1.29, 1.82) is 0 Å². The molecular weight excluding hydrogens is 536 g/mol. The Morgan fingerprint density at radius 2 is 1.65 bits per heavy atom. The number of benzene rings is 1. The Morgan fingerprint density at radius 3 is 2.30 bits per heavy atom. The maximum atomic E-state index is 12.4. The standard InChI is InChI=1S/C26H32O14/c1-36-24(35)14-10-38-25(40-26-23(34)22(33)20(31)15(8-27)39-26)18-13(19(30)21(32)17(14)18)9-37-16(29)7-4-11-2-5-12(28)6-3-11/h2-7,10,13,15,17-23,25-28,30-34H,8-9H2,1H3/t13-,15+,17-,18-,19-,20-,21+,22-,23-,25+,26+/m1/s1. The molecule has 220 valence electrons. The highest BCUT2D eigenvalue weighted by molar-refractivity contribution is 5.89. The van der Waals surface area contributed by atoms with Crippen LogP contribution in [0.15, 0.2) is 42.2 Å². The molecule has 0 aromatic heterocycles. The summed E-state index contributed by atoms with van der Waals surface area (Å²) in [6, 6.07) is 6.02. The highest BCUT2D eigenvalue weighted by Gasteiger charge is 2.59. The van der Waals surface area contributed by atoms with E-state index in [1.165, 1.54) is 18.2 Å². The van der Waals surface area contributed by atoms with Crippen LogP contribution in [-0.4, -0.2) is 117 Å². The Hall–Kier alpha value is -3.08. The molecule has 1 saturated carbocycles. The van der Waals surface area contributed by atoms with E-state index in [1.54, 1.807) is 12.1 Å². The predicted molar refractivity (Wildman–Crippen MR) is 130 cm³/mol. The number of aliphatic hydroxyl groups excluding tert-OH is 6. The predicted octanol–water partition coefficient (Wildman–Crippen LogP) is -2.24. The largest absolute Gasteiger partial charge is 0.508 e. The average molecular weight is 569 g/mol. The molecule has 2 aliphatic heterocycles. The van der Waals surface area contributed by atoms with Gasteiger partial charge in [0.1, 0.15) is 30.2 Å². The summed E-state index contributed by atoms with van der Waals surface area (Å²) in [6.07, 6.45) is -8.97. The summed E-state index contributed by atoms with van der Waals surface area (Å²) in [5.74, 6) is -4.78. The van der Waals surface area contributed by atoms with Crippen LogP contribution in [0.25, 0.3) is 6.08 Å². The summed E-state index contributed by atoms with van der Waals surface area (Å²) >= 11 is 0. The fourth-order valence-corrected chi connectivity index (χ4v) is 5.18. The SMILES string of the molecule is COC(=O)C1=CO[C@@H](O[C@@H]2O[C@@H](CO)[C@@H](O)[C@@H](O)[C@H]2O)[C@@H]2[C@@H](COC(=O)C=Cc3ccc(O)cc3)[C@@H](O)[C@@H](O)[C@H]12. The quantitative estimate of drug-likeness (QED) is 0.130. The van der Waals surface area contributed by atoms with E-state index >= 15 is 0 Å². The summed E-state index contributed by atoms with van der Waals surface area (Å²) < 4.78 is 26.8. The summed E-state index contributed by atoms with van der Waals surface area (Å²) in [5, 5.41) is 71.2. The number of phenols is 1. The van der Waals surface area contributed by atoms with E-state index in [-0.39, 0.29) is 11.3 Å². The number of fused-ring (bicyclic) bond motifs is 1. The summed E-state index contributed by atoms with van der Waals surface area (Å²) in [5.41, 5.74) is 0.487. The van der Waals surface area contributed by atoms with E-state index in [0.29, 0.717) is 5.56 Å². The van der Waals surface area contributed by atoms with Gasteiger partial charge in [-0.05, 0) is 23.8 Å². The molecule has 1 aromatic rings. The van der Waals surface area contributed by atoms with Gasteiger partial charge in [0.15, 0.2) is 6.29 Å². The van der Waals surface area contributed by atoms with Crippen LogP contribution in [0.5, 0.6) is 5.75 Å². The highest BCUT2D eigenvalue weighted by Crippen LogP contribution is 2.48. The van der Waals surface area contributed by atoms with Gasteiger partial charge in [0.2, 0.25) is 6.29 Å². The Bertz CT molecular complexity index is 1100. The lowest BCUT2D eigenvalue weighted by Gasteiger charge is -2.43. The van der Waals surface area contributed by atoms with Crippen LogP contribution in [0.4, 0.5) is 0 Å². The number of ether oxygens (including phenoxy) is 5. The zero-order valence-corrected chi connectivity index (χ0v) is 21.3. The van der Waals surface area contributed by atoms with E-state index in [1.807, 2.05) is 0 Å². The van der Waals surface area contributed by atoms with Crippen molar-refractivity contribution in [1.82, 2.24) is 0 Å². The van der Waals surface area contributed by atoms with Gasteiger partial charge in [-0.15, -0.1) is 0 Å². The van der Waals surface area contributed by atoms with Crippen molar-refractivity contribution in [3.05, 3.63) is 47.7 Å². The van der Waals surface area contributed by atoms with Gasteiger partial charge in [-0.3, -0.25) is 0 Å². The molecule has 3 aliphatic rings. The molecule has 1 aromatic carbocycles. The van der Waals surface area contributed by atoms with E-state index in [9.17, 15) is 45.3 Å². The van der Waals surface area contributed by atoms with Gasteiger partial charge in [-0.25, -0.2) is 9.59 Å². The number of esters is 2. The molecule has 0 unspecified atom stereocenters. The van der Waals surface area contributed by atoms with Crippen LogP contribution in [0, 0.1) is 17.8 Å². The molecule has 7 N–H and O–H groups in total. The van der Waals surface area contributed by atoms with Crippen LogP contribution in [0.3, 0.4) is 0 Å². The first-order valence-corrected chi connectivity index (χ1v) is 12.5. The normalized spacial score (nSPS) is 37.4. The zero-order valence-electron chi connectivity index (χ0n) is 21.3. The molecule has 0 spiro atoms. The lowest BCUT2D eigenvalue weighted by atomic mass is 9.82. The maximum absolute atomic E-state index is 12.4. The van der Waals surface area contributed by atoms with E-state index in [0.717, 1.165) is 19.4 Å². The van der Waals surface area contributed by atoms with Crippen molar-refractivity contribution in [2.24, 2.45) is 17.8 Å². The highest BCUT2D eigenvalue weighted by atomic mass is 16.8. The number of hydrogen-bond acceptors (Lipinski definition) is 14. The van der Waals surface area contributed by atoms with Gasteiger partial charge >= 0.3 is 11.9 Å². The molecule has 0 radical (unpaired) electrons. The lowest BCUT2D eigenvalue weighted by molar-refractivity contribution is -0.343. The van der Waals surface area contributed by atoms with Crippen molar-refractivity contribution in [2.45, 2.75) is 49.2 Å². The molecule has 1 aliphatic carbocycles. The summed E-state index contributed by atoms with van der Waals surface area (Å²) in [4.78, 5) is 24.8. The second-order valence-corrected chi connectivity index (χ2v) is 9.71. The third kappa shape index (κ3) is 5.99. The van der Waals surface area contributed by atoms with Crippen LogP contribution in [-0.2, 0) is 33.3 Å². The minimum atomic E-state index is -1.77. The minimum Gasteiger partial charge on any atom is -0.508 e. The molecule has 40 heavy (non-hydrogen) atoms. The van der Waals surface area contributed by atoms with Crippen molar-refractivity contribution in [3.8, 4) is 5.75 Å². The van der Waals surface area contributed by atoms with E-state index < -0.39 is 92.1 Å². The first-order valence-electron chi connectivity index (χ1n) is 12.5. The molecule has 11 atom stereocenters. The second-order valence-electron chi connectivity index (χ2n) is 9.71. The van der Waals surface area contributed by atoms with Gasteiger partial charge in [0, 0.05) is 23.8 Å². The zero-order chi connectivity index (χ0) is 29.1. The van der Waals surface area contributed by atoms with Gasteiger partial charge in [-0.1, -0.05) is 12.1 Å². The fourth-order valence-electron chi connectivity index (χ4n) is 5.18. The van der Waals surface area contributed by atoms with E-state index in [2.05, 4.69) is 0 Å². The number of aliphatic hydroxyl groups is 6. The number of methoxy groups -OCH3 is 1. The van der Waals surface area contributed by atoms with Crippen LogP contribution in [0.1, 0.15) is 5.56 Å². The molecule has 2 heterocycles. The Balaban J connectivity index is 1.54. The number of rotatable bonds is 8. The Kier molecular flexibility index (Phi) is 9.43. The third-order valence-electron chi connectivity index (χ3n) is 7.33. The average Bonchev–Trinajstić information content (AvgIpc) is 3.21. The van der Waals surface area contributed by atoms with Crippen molar-refractivity contribution >= 4 is 18.0 Å². The molecule has 2 fully saturated rings. The van der Waals surface area contributed by atoms with Crippen LogP contribution < -0.4 is 0 Å². The monoisotopic (exact) mass is 568 g/mol. The molecule has 14 nitrogen and oxygen atoms in total. The van der Waals surface area contributed by atoms with E-state index in [4.69, 9.17) is 23.7 Å². The first-order chi connectivity index (χ1) is 19.1. The summed E-state index contributed by atoms with van der Waals surface area (Å²) in [7, 11) is 1.12. The molecular formula is C26H32O14. The van der Waals surface area contributed by atoms with Gasteiger partial charge in [0.25, 0.3) is 0 Å². The lowest BCUT2D eigenvalue weighted by Crippen LogP contribution is -2.60. The van der Waals surface area contributed by atoms with Crippen LogP contribution >= 0.6 is 0 Å². The fraction of sp³-hybridized carbons (Fsp3) is 0.538. The summed E-state index contributed by atoms with van der Waals surface area (Å²) in [6.45, 7) is -1.15. The molecule has 0 bridgehead atoms. The topological polar surface area (TPSA) is 222 Å². The van der Waals surface area contributed by atoms with Crippen LogP contribution in [0.2, 0.25) is 0 Å². The molecule has 14 heteroatoms. The van der Waals surface area contributed by atoms with Gasteiger partial charge < -0.3 is 59.4 Å².